The Morgan fingerprint density at radius 1 is 1.24 bits per heavy atom. The molecule has 21 heavy (non-hydrogen) atoms. The molecule has 112 valence electrons. The molecule has 2 saturated carbocycles. The fraction of sp³-hybridized carbons (Fsp3) is 0.643. The average molecular weight is 324 g/mol. The molecule has 7 heteroatoms. The lowest BCUT2D eigenvalue weighted by molar-refractivity contribution is 0.627. The van der Waals surface area contributed by atoms with Crippen LogP contribution in [0.5, 0.6) is 0 Å². The lowest BCUT2D eigenvalue weighted by Crippen LogP contribution is -2.02. The summed E-state index contributed by atoms with van der Waals surface area (Å²) in [5.41, 5.74) is 2.09. The molecule has 4 rings (SSSR count). The van der Waals surface area contributed by atoms with E-state index in [9.17, 15) is 0 Å². The minimum Gasteiger partial charge on any atom is -0.303 e. The number of nitrogens with zero attached hydrogens (tertiary/aromatic N) is 5. The summed E-state index contributed by atoms with van der Waals surface area (Å²) in [5.74, 6) is 2.65. The SMILES string of the molecule is Cc1nn(C)c(Cl)c1CSc1nnc(C2CC2)n1C1CC1. The molecule has 0 aromatic carbocycles. The molecule has 2 aromatic heterocycles. The number of thioether (sulfide) groups is 1. The largest absolute Gasteiger partial charge is 0.303 e. The second kappa shape index (κ2) is 5.02. The van der Waals surface area contributed by atoms with Crippen LogP contribution in [0.3, 0.4) is 0 Å². The zero-order valence-corrected chi connectivity index (χ0v) is 13.8. The van der Waals surface area contributed by atoms with Crippen LogP contribution < -0.4 is 0 Å². The maximum Gasteiger partial charge on any atom is 0.191 e. The lowest BCUT2D eigenvalue weighted by atomic mass is 10.3. The van der Waals surface area contributed by atoms with Crippen LogP contribution in [0.25, 0.3) is 0 Å². The summed E-state index contributed by atoms with van der Waals surface area (Å²) in [4.78, 5) is 0. The van der Waals surface area contributed by atoms with E-state index in [-0.39, 0.29) is 0 Å². The van der Waals surface area contributed by atoms with E-state index < -0.39 is 0 Å². The Bertz CT molecular complexity index is 684. The fourth-order valence-electron chi connectivity index (χ4n) is 2.66. The Hall–Kier alpha value is -1.01. The summed E-state index contributed by atoms with van der Waals surface area (Å²) in [6.45, 7) is 2.00. The quantitative estimate of drug-likeness (QED) is 0.790. The van der Waals surface area contributed by atoms with Crippen molar-refractivity contribution in [3.05, 3.63) is 22.2 Å². The highest BCUT2D eigenvalue weighted by Gasteiger charge is 2.36. The van der Waals surface area contributed by atoms with Crippen molar-refractivity contribution >= 4 is 23.4 Å². The second-order valence-corrected chi connectivity index (χ2v) is 7.28. The third kappa shape index (κ3) is 2.48. The van der Waals surface area contributed by atoms with Crippen molar-refractivity contribution in [2.75, 3.05) is 0 Å². The lowest BCUT2D eigenvalue weighted by Gasteiger charge is -2.08. The van der Waals surface area contributed by atoms with Crippen molar-refractivity contribution in [3.63, 3.8) is 0 Å². The van der Waals surface area contributed by atoms with Crippen molar-refractivity contribution in [1.29, 1.82) is 0 Å². The summed E-state index contributed by atoms with van der Waals surface area (Å²) in [6.07, 6.45) is 5.06. The van der Waals surface area contributed by atoms with Crippen LogP contribution in [0.1, 0.15) is 54.7 Å². The molecule has 0 aliphatic heterocycles. The molecule has 0 unspecified atom stereocenters. The number of hydrogen-bond acceptors (Lipinski definition) is 4. The minimum absolute atomic E-state index is 0.628. The first-order valence-corrected chi connectivity index (χ1v) is 8.77. The molecule has 5 nitrogen and oxygen atoms in total. The third-order valence-electron chi connectivity index (χ3n) is 4.16. The summed E-state index contributed by atoms with van der Waals surface area (Å²) < 4.78 is 4.11. The standard InChI is InChI=1S/C14H18ClN5S/c1-8-11(12(15)19(2)18-8)7-21-14-17-16-13(9-3-4-9)20(14)10-5-6-10/h9-10H,3-7H2,1-2H3. The normalized spacial score (nSPS) is 18.4. The van der Waals surface area contributed by atoms with Gasteiger partial charge >= 0.3 is 0 Å². The minimum atomic E-state index is 0.628. The van der Waals surface area contributed by atoms with E-state index in [0.717, 1.165) is 27.3 Å². The smallest absolute Gasteiger partial charge is 0.191 e. The number of halogens is 1. The molecule has 0 spiro atoms. The first-order valence-electron chi connectivity index (χ1n) is 7.40. The van der Waals surface area contributed by atoms with E-state index >= 15 is 0 Å². The summed E-state index contributed by atoms with van der Waals surface area (Å²) in [6, 6.07) is 0.628. The monoisotopic (exact) mass is 323 g/mol. The van der Waals surface area contributed by atoms with Crippen molar-refractivity contribution < 1.29 is 0 Å². The second-order valence-electron chi connectivity index (χ2n) is 5.98. The van der Waals surface area contributed by atoms with E-state index in [4.69, 9.17) is 11.6 Å². The maximum atomic E-state index is 6.30. The van der Waals surface area contributed by atoms with Crippen molar-refractivity contribution in [2.24, 2.45) is 7.05 Å². The maximum absolute atomic E-state index is 6.30. The van der Waals surface area contributed by atoms with Crippen LogP contribution in [0.4, 0.5) is 0 Å². The van der Waals surface area contributed by atoms with Gasteiger partial charge in [-0.05, 0) is 32.6 Å². The van der Waals surface area contributed by atoms with Crippen LogP contribution in [-0.4, -0.2) is 24.5 Å². The Morgan fingerprint density at radius 2 is 2.00 bits per heavy atom. The Labute approximate surface area is 133 Å². The predicted molar refractivity (Wildman–Crippen MR) is 82.8 cm³/mol. The van der Waals surface area contributed by atoms with Gasteiger partial charge in [-0.1, -0.05) is 23.4 Å². The highest BCUT2D eigenvalue weighted by atomic mass is 35.5. The van der Waals surface area contributed by atoms with Gasteiger partial charge in [0.25, 0.3) is 0 Å². The third-order valence-corrected chi connectivity index (χ3v) is 5.60. The van der Waals surface area contributed by atoms with Gasteiger partial charge in [-0.15, -0.1) is 10.2 Å². The summed E-state index contributed by atoms with van der Waals surface area (Å²) in [7, 11) is 1.88. The van der Waals surface area contributed by atoms with Crippen LogP contribution in [0.2, 0.25) is 5.15 Å². The first kappa shape index (κ1) is 13.6. The van der Waals surface area contributed by atoms with Crippen LogP contribution in [0.15, 0.2) is 5.16 Å². The zero-order chi connectivity index (χ0) is 14.6. The zero-order valence-electron chi connectivity index (χ0n) is 12.2. The molecule has 2 heterocycles. The van der Waals surface area contributed by atoms with Crippen LogP contribution in [-0.2, 0) is 12.8 Å². The van der Waals surface area contributed by atoms with Gasteiger partial charge in [0.15, 0.2) is 5.16 Å². The topological polar surface area (TPSA) is 48.5 Å². The van der Waals surface area contributed by atoms with E-state index in [0.29, 0.717) is 12.0 Å². The van der Waals surface area contributed by atoms with Crippen molar-refractivity contribution in [2.45, 2.75) is 55.5 Å². The van der Waals surface area contributed by atoms with Gasteiger partial charge in [-0.3, -0.25) is 4.68 Å². The average Bonchev–Trinajstić information content (AvgIpc) is 3.37. The van der Waals surface area contributed by atoms with Gasteiger partial charge in [0.2, 0.25) is 0 Å². The Morgan fingerprint density at radius 3 is 2.57 bits per heavy atom. The molecule has 0 saturated heterocycles. The molecule has 0 radical (unpaired) electrons. The predicted octanol–water partition coefficient (Wildman–Crippen LogP) is 3.48. The van der Waals surface area contributed by atoms with Crippen molar-refractivity contribution in [3.8, 4) is 0 Å². The van der Waals surface area contributed by atoms with Gasteiger partial charge < -0.3 is 4.57 Å². The summed E-state index contributed by atoms with van der Waals surface area (Å²) in [5, 5.41) is 15.0. The number of rotatable bonds is 5. The van der Waals surface area contributed by atoms with Crippen molar-refractivity contribution in [1.82, 2.24) is 24.5 Å². The molecule has 0 bridgehead atoms. The molecule has 2 aromatic rings. The number of aryl methyl sites for hydroxylation is 2. The van der Waals surface area contributed by atoms with E-state index in [1.165, 1.54) is 31.5 Å². The summed E-state index contributed by atoms with van der Waals surface area (Å²) >= 11 is 8.03. The molecule has 2 aliphatic carbocycles. The molecule has 2 fully saturated rings. The molecule has 0 atom stereocenters. The Kier molecular flexibility index (Phi) is 3.26. The van der Waals surface area contributed by atoms with Gasteiger partial charge in [0, 0.05) is 30.3 Å². The van der Waals surface area contributed by atoms with Crippen LogP contribution in [0, 0.1) is 6.92 Å². The highest BCUT2D eigenvalue weighted by Crippen LogP contribution is 2.46. The van der Waals surface area contributed by atoms with E-state index in [1.807, 2.05) is 14.0 Å². The van der Waals surface area contributed by atoms with Gasteiger partial charge in [-0.2, -0.15) is 5.10 Å². The Balaban J connectivity index is 1.57. The molecule has 0 N–H and O–H groups in total. The molecule has 2 aliphatic rings. The molecular weight excluding hydrogens is 306 g/mol. The van der Waals surface area contributed by atoms with E-state index in [1.54, 1.807) is 16.4 Å². The van der Waals surface area contributed by atoms with Gasteiger partial charge in [-0.25, -0.2) is 0 Å². The van der Waals surface area contributed by atoms with Gasteiger partial charge in [0.1, 0.15) is 11.0 Å². The van der Waals surface area contributed by atoms with Gasteiger partial charge in [0.05, 0.1) is 5.69 Å². The number of aromatic nitrogens is 5. The fourth-order valence-corrected chi connectivity index (χ4v) is 4.08. The van der Waals surface area contributed by atoms with Crippen LogP contribution >= 0.6 is 23.4 Å². The number of hydrogen-bond donors (Lipinski definition) is 0. The molecule has 0 amide bonds. The highest BCUT2D eigenvalue weighted by molar-refractivity contribution is 7.98. The molecular formula is C14H18ClN5S. The van der Waals surface area contributed by atoms with E-state index in [2.05, 4.69) is 19.9 Å². The first-order chi connectivity index (χ1) is 10.1.